The normalized spacial score (nSPS) is 24.9. The summed E-state index contributed by atoms with van der Waals surface area (Å²) in [5, 5.41) is 0. The second kappa shape index (κ2) is 5.37. The van der Waals surface area contributed by atoms with E-state index in [2.05, 4.69) is 43.8 Å². The van der Waals surface area contributed by atoms with Gasteiger partial charge >= 0.3 is 0 Å². The molecule has 2 heterocycles. The van der Waals surface area contributed by atoms with Crippen LogP contribution in [0.4, 0.5) is 0 Å². The molecule has 0 aromatic carbocycles. The Bertz CT molecular complexity index is 405. The summed E-state index contributed by atoms with van der Waals surface area (Å²) in [6.45, 7) is 8.25. The van der Waals surface area contributed by atoms with Gasteiger partial charge in [0.1, 0.15) is 0 Å². The number of pyridine rings is 1. The van der Waals surface area contributed by atoms with Gasteiger partial charge in [0.05, 0.1) is 18.2 Å². The minimum absolute atomic E-state index is 0.0390. The molecule has 1 aromatic rings. The summed E-state index contributed by atoms with van der Waals surface area (Å²) in [6.07, 6.45) is 6.53. The van der Waals surface area contributed by atoms with Gasteiger partial charge in [0.15, 0.2) is 0 Å². The number of likely N-dealkylation sites (N-methyl/N-ethyl adjacent to an activating group) is 1. The van der Waals surface area contributed by atoms with Gasteiger partial charge < -0.3 is 4.74 Å². The molecule has 3 nitrogen and oxygen atoms in total. The quantitative estimate of drug-likeness (QED) is 0.819. The van der Waals surface area contributed by atoms with E-state index in [9.17, 15) is 0 Å². The highest BCUT2D eigenvalue weighted by Gasteiger charge is 2.41. The third-order valence-electron chi connectivity index (χ3n) is 3.99. The second-order valence-electron chi connectivity index (χ2n) is 5.61. The van der Waals surface area contributed by atoms with E-state index in [-0.39, 0.29) is 11.6 Å². The molecule has 0 radical (unpaired) electrons. The Morgan fingerprint density at radius 2 is 2.28 bits per heavy atom. The Kier molecular flexibility index (Phi) is 4.03. The molecule has 0 amide bonds. The first-order chi connectivity index (χ1) is 8.56. The average Bonchev–Trinajstić information content (AvgIpc) is 2.70. The molecule has 0 saturated carbocycles. The Morgan fingerprint density at radius 1 is 1.50 bits per heavy atom. The first-order valence-corrected chi connectivity index (χ1v) is 6.80. The van der Waals surface area contributed by atoms with Gasteiger partial charge in [-0.25, -0.2) is 0 Å². The number of aromatic nitrogens is 1. The summed E-state index contributed by atoms with van der Waals surface area (Å²) in [7, 11) is 2.20. The van der Waals surface area contributed by atoms with Gasteiger partial charge in [-0.15, -0.1) is 0 Å². The maximum Gasteiger partial charge on any atom is 0.0698 e. The fourth-order valence-electron chi connectivity index (χ4n) is 2.91. The van der Waals surface area contributed by atoms with E-state index in [1.54, 1.807) is 0 Å². The van der Waals surface area contributed by atoms with Crippen molar-refractivity contribution in [3.63, 3.8) is 0 Å². The van der Waals surface area contributed by atoms with E-state index in [0.29, 0.717) is 0 Å². The molecular formula is C15H24N2O. The molecule has 1 saturated heterocycles. The van der Waals surface area contributed by atoms with Crippen molar-refractivity contribution in [3.05, 3.63) is 29.6 Å². The number of aryl methyl sites for hydroxylation is 1. The van der Waals surface area contributed by atoms with Crippen LogP contribution in [0.15, 0.2) is 18.5 Å². The van der Waals surface area contributed by atoms with Gasteiger partial charge in [0, 0.05) is 12.4 Å². The van der Waals surface area contributed by atoms with Crippen molar-refractivity contribution in [1.29, 1.82) is 0 Å². The summed E-state index contributed by atoms with van der Waals surface area (Å²) >= 11 is 0. The van der Waals surface area contributed by atoms with Crippen LogP contribution in [0.5, 0.6) is 0 Å². The third-order valence-corrected chi connectivity index (χ3v) is 3.99. The maximum atomic E-state index is 5.95. The van der Waals surface area contributed by atoms with Crippen molar-refractivity contribution in [2.75, 3.05) is 20.2 Å². The first kappa shape index (κ1) is 13.5. The molecule has 18 heavy (non-hydrogen) atoms. The molecule has 1 aliphatic rings. The lowest BCUT2D eigenvalue weighted by molar-refractivity contribution is -0.00749. The van der Waals surface area contributed by atoms with Crippen LogP contribution in [0.3, 0.4) is 0 Å². The van der Waals surface area contributed by atoms with Gasteiger partial charge in [-0.1, -0.05) is 0 Å². The molecule has 1 aliphatic heterocycles. The molecule has 0 spiro atoms. The number of ether oxygens (including phenoxy) is 1. The predicted molar refractivity (Wildman–Crippen MR) is 73.6 cm³/mol. The number of likely N-dealkylation sites (tertiary alicyclic amines) is 1. The van der Waals surface area contributed by atoms with Gasteiger partial charge in [-0.05, 0) is 64.4 Å². The van der Waals surface area contributed by atoms with Crippen LogP contribution in [0.1, 0.15) is 37.8 Å². The van der Waals surface area contributed by atoms with E-state index in [0.717, 1.165) is 13.2 Å². The van der Waals surface area contributed by atoms with Crippen LogP contribution in [-0.2, 0) is 10.3 Å². The summed E-state index contributed by atoms with van der Waals surface area (Å²) in [5.41, 5.74) is 2.67. The highest BCUT2D eigenvalue weighted by atomic mass is 16.5. The second-order valence-corrected chi connectivity index (χ2v) is 5.61. The van der Waals surface area contributed by atoms with Crippen LogP contribution < -0.4 is 0 Å². The van der Waals surface area contributed by atoms with Crippen molar-refractivity contribution in [1.82, 2.24) is 9.88 Å². The molecule has 1 fully saturated rings. The zero-order valence-electron chi connectivity index (χ0n) is 11.9. The maximum absolute atomic E-state index is 5.95. The van der Waals surface area contributed by atoms with Gasteiger partial charge in [0.2, 0.25) is 0 Å². The largest absolute Gasteiger partial charge is 0.377 e. The molecule has 100 valence electrons. The number of nitrogens with zero attached hydrogens (tertiary/aromatic N) is 2. The van der Waals surface area contributed by atoms with Crippen molar-refractivity contribution in [2.24, 2.45) is 0 Å². The molecule has 2 rings (SSSR count). The molecule has 0 N–H and O–H groups in total. The Labute approximate surface area is 110 Å². The van der Waals surface area contributed by atoms with Crippen molar-refractivity contribution in [2.45, 2.75) is 45.3 Å². The average molecular weight is 248 g/mol. The molecule has 1 atom stereocenters. The molecule has 0 bridgehead atoms. The summed E-state index contributed by atoms with van der Waals surface area (Å²) < 4.78 is 5.95. The zero-order chi connectivity index (χ0) is 13.2. The fourth-order valence-corrected chi connectivity index (χ4v) is 2.91. The van der Waals surface area contributed by atoms with Crippen LogP contribution in [0, 0.1) is 6.92 Å². The SMILES string of the molecule is Cc1cnccc1C1(COC(C)C)CCCN1C. The summed E-state index contributed by atoms with van der Waals surface area (Å²) in [6, 6.07) is 2.15. The smallest absolute Gasteiger partial charge is 0.0698 e. The van der Waals surface area contributed by atoms with E-state index in [1.165, 1.54) is 24.0 Å². The van der Waals surface area contributed by atoms with Crippen molar-refractivity contribution < 1.29 is 4.74 Å². The summed E-state index contributed by atoms with van der Waals surface area (Å²) in [4.78, 5) is 6.65. The number of hydrogen-bond donors (Lipinski definition) is 0. The molecule has 1 unspecified atom stereocenters. The van der Waals surface area contributed by atoms with E-state index < -0.39 is 0 Å². The molecule has 3 heteroatoms. The Morgan fingerprint density at radius 3 is 2.83 bits per heavy atom. The van der Waals surface area contributed by atoms with Crippen LogP contribution in [0.2, 0.25) is 0 Å². The van der Waals surface area contributed by atoms with Gasteiger partial charge in [0.25, 0.3) is 0 Å². The lowest BCUT2D eigenvalue weighted by atomic mass is 9.86. The topological polar surface area (TPSA) is 25.4 Å². The predicted octanol–water partition coefficient (Wildman–Crippen LogP) is 2.74. The van der Waals surface area contributed by atoms with Gasteiger partial charge in [-0.3, -0.25) is 9.88 Å². The highest BCUT2D eigenvalue weighted by molar-refractivity contribution is 5.31. The van der Waals surface area contributed by atoms with Crippen LogP contribution in [-0.4, -0.2) is 36.2 Å². The minimum Gasteiger partial charge on any atom is -0.377 e. The minimum atomic E-state index is 0.0390. The van der Waals surface area contributed by atoms with E-state index in [1.807, 2.05) is 12.4 Å². The van der Waals surface area contributed by atoms with E-state index in [4.69, 9.17) is 4.74 Å². The van der Waals surface area contributed by atoms with E-state index >= 15 is 0 Å². The van der Waals surface area contributed by atoms with Crippen molar-refractivity contribution in [3.8, 4) is 0 Å². The highest BCUT2D eigenvalue weighted by Crippen LogP contribution is 2.39. The lowest BCUT2D eigenvalue weighted by Gasteiger charge is -2.38. The molecular weight excluding hydrogens is 224 g/mol. The van der Waals surface area contributed by atoms with Crippen molar-refractivity contribution >= 4 is 0 Å². The van der Waals surface area contributed by atoms with Crippen LogP contribution >= 0.6 is 0 Å². The third kappa shape index (κ3) is 2.43. The Balaban J connectivity index is 2.33. The lowest BCUT2D eigenvalue weighted by Crippen LogP contribution is -2.43. The standard InChI is InChI=1S/C15H24N2O/c1-12(2)18-11-15(7-5-9-17(15)4)14-6-8-16-10-13(14)3/h6,8,10,12H,5,7,9,11H2,1-4H3. The fraction of sp³-hybridized carbons (Fsp3) is 0.667. The molecule has 1 aromatic heterocycles. The zero-order valence-corrected chi connectivity index (χ0v) is 11.9. The number of rotatable bonds is 4. The molecule has 0 aliphatic carbocycles. The van der Waals surface area contributed by atoms with Gasteiger partial charge in [-0.2, -0.15) is 0 Å². The monoisotopic (exact) mass is 248 g/mol. The first-order valence-electron chi connectivity index (χ1n) is 6.80. The van der Waals surface area contributed by atoms with Crippen LogP contribution in [0.25, 0.3) is 0 Å². The number of hydrogen-bond acceptors (Lipinski definition) is 3. The summed E-state index contributed by atoms with van der Waals surface area (Å²) in [5.74, 6) is 0. The Hall–Kier alpha value is -0.930.